The summed E-state index contributed by atoms with van der Waals surface area (Å²) in [5.41, 5.74) is 6.24. The topological polar surface area (TPSA) is 80.5 Å². The zero-order chi connectivity index (χ0) is 15.0. The highest BCUT2D eigenvalue weighted by Crippen LogP contribution is 2.25. The fourth-order valence-electron chi connectivity index (χ4n) is 2.56. The lowest BCUT2D eigenvalue weighted by Gasteiger charge is -2.47. The SMILES string of the molecule is CCCC1(N)CN(C(=O)c2cccc(S(C)(=O)=O)c2)C1. The predicted octanol–water partition coefficient (Wildman–Crippen LogP) is 1.04. The van der Waals surface area contributed by atoms with Crippen molar-refractivity contribution in [2.75, 3.05) is 19.3 Å². The molecule has 1 fully saturated rings. The summed E-state index contributed by atoms with van der Waals surface area (Å²) in [6.07, 6.45) is 3.01. The highest BCUT2D eigenvalue weighted by Gasteiger charge is 2.41. The summed E-state index contributed by atoms with van der Waals surface area (Å²) in [6.45, 7) is 3.13. The third-order valence-electron chi connectivity index (χ3n) is 3.56. The molecule has 2 rings (SSSR count). The van der Waals surface area contributed by atoms with E-state index in [0.717, 1.165) is 19.1 Å². The number of likely N-dealkylation sites (tertiary alicyclic amines) is 1. The Labute approximate surface area is 119 Å². The Balaban J connectivity index is 2.12. The molecule has 1 aromatic carbocycles. The number of nitrogens with zero attached hydrogens (tertiary/aromatic N) is 1. The third kappa shape index (κ3) is 3.02. The minimum atomic E-state index is -3.30. The van der Waals surface area contributed by atoms with Crippen molar-refractivity contribution in [1.29, 1.82) is 0 Å². The van der Waals surface area contributed by atoms with Gasteiger partial charge in [0, 0.05) is 24.9 Å². The van der Waals surface area contributed by atoms with Crippen molar-refractivity contribution in [3.8, 4) is 0 Å². The summed E-state index contributed by atoms with van der Waals surface area (Å²) in [4.78, 5) is 14.1. The Morgan fingerprint density at radius 1 is 1.40 bits per heavy atom. The summed E-state index contributed by atoms with van der Waals surface area (Å²) >= 11 is 0. The third-order valence-corrected chi connectivity index (χ3v) is 4.67. The van der Waals surface area contributed by atoms with Gasteiger partial charge < -0.3 is 10.6 Å². The van der Waals surface area contributed by atoms with Crippen LogP contribution < -0.4 is 5.73 Å². The van der Waals surface area contributed by atoms with E-state index in [1.807, 2.05) is 0 Å². The van der Waals surface area contributed by atoms with Gasteiger partial charge in [-0.05, 0) is 24.6 Å². The fraction of sp³-hybridized carbons (Fsp3) is 0.500. The lowest BCUT2D eigenvalue weighted by molar-refractivity contribution is 0.0386. The van der Waals surface area contributed by atoms with Gasteiger partial charge in [-0.15, -0.1) is 0 Å². The van der Waals surface area contributed by atoms with Gasteiger partial charge in [-0.1, -0.05) is 19.4 Å². The van der Waals surface area contributed by atoms with Gasteiger partial charge in [0.05, 0.1) is 10.4 Å². The lowest BCUT2D eigenvalue weighted by atomic mass is 9.86. The largest absolute Gasteiger partial charge is 0.335 e. The van der Waals surface area contributed by atoms with Crippen molar-refractivity contribution in [1.82, 2.24) is 4.90 Å². The van der Waals surface area contributed by atoms with E-state index in [2.05, 4.69) is 6.92 Å². The van der Waals surface area contributed by atoms with Crippen LogP contribution in [0.3, 0.4) is 0 Å². The molecule has 2 N–H and O–H groups in total. The Bertz CT molecular complexity index is 619. The van der Waals surface area contributed by atoms with E-state index in [1.165, 1.54) is 12.1 Å². The van der Waals surface area contributed by atoms with Crippen molar-refractivity contribution in [3.63, 3.8) is 0 Å². The number of nitrogens with two attached hydrogens (primary N) is 1. The maximum Gasteiger partial charge on any atom is 0.254 e. The van der Waals surface area contributed by atoms with Gasteiger partial charge in [-0.25, -0.2) is 8.42 Å². The molecule has 0 saturated carbocycles. The first kappa shape index (κ1) is 15.0. The first-order valence-corrected chi connectivity index (χ1v) is 8.53. The molecule has 0 spiro atoms. The van der Waals surface area contributed by atoms with E-state index in [1.54, 1.807) is 17.0 Å². The molecule has 1 aliphatic rings. The number of sulfone groups is 1. The summed E-state index contributed by atoms with van der Waals surface area (Å²) in [5.74, 6) is -0.160. The highest BCUT2D eigenvalue weighted by molar-refractivity contribution is 7.90. The molecule has 0 aromatic heterocycles. The summed E-state index contributed by atoms with van der Waals surface area (Å²) in [7, 11) is -3.30. The molecule has 1 amide bonds. The second kappa shape index (κ2) is 5.18. The molecule has 1 saturated heterocycles. The highest BCUT2D eigenvalue weighted by atomic mass is 32.2. The van der Waals surface area contributed by atoms with Crippen LogP contribution in [-0.4, -0.2) is 44.1 Å². The molecule has 5 nitrogen and oxygen atoms in total. The predicted molar refractivity (Wildman–Crippen MR) is 77.3 cm³/mol. The zero-order valence-electron chi connectivity index (χ0n) is 11.8. The van der Waals surface area contributed by atoms with Crippen molar-refractivity contribution < 1.29 is 13.2 Å². The van der Waals surface area contributed by atoms with Gasteiger partial charge in [0.1, 0.15) is 0 Å². The normalized spacial score (nSPS) is 17.6. The average molecular weight is 296 g/mol. The number of hydrogen-bond acceptors (Lipinski definition) is 4. The van der Waals surface area contributed by atoms with Crippen molar-refractivity contribution >= 4 is 15.7 Å². The molecular weight excluding hydrogens is 276 g/mol. The second-order valence-corrected chi connectivity index (χ2v) is 7.59. The van der Waals surface area contributed by atoms with E-state index in [0.29, 0.717) is 18.7 Å². The van der Waals surface area contributed by atoms with Crippen LogP contribution in [0.2, 0.25) is 0 Å². The number of benzene rings is 1. The molecule has 20 heavy (non-hydrogen) atoms. The van der Waals surface area contributed by atoms with Crippen molar-refractivity contribution in [2.45, 2.75) is 30.2 Å². The molecular formula is C14H20N2O3S. The Hall–Kier alpha value is -1.40. The molecule has 0 atom stereocenters. The van der Waals surface area contributed by atoms with Crippen LogP contribution in [0.1, 0.15) is 30.1 Å². The molecule has 0 radical (unpaired) electrons. The quantitative estimate of drug-likeness (QED) is 0.900. The number of rotatable bonds is 4. The molecule has 0 bridgehead atoms. The fourth-order valence-corrected chi connectivity index (χ4v) is 3.22. The molecule has 6 heteroatoms. The van der Waals surface area contributed by atoms with Crippen LogP contribution in [0.5, 0.6) is 0 Å². The zero-order valence-corrected chi connectivity index (χ0v) is 12.6. The number of amides is 1. The molecule has 1 aliphatic heterocycles. The van der Waals surface area contributed by atoms with Gasteiger partial charge in [0.25, 0.3) is 5.91 Å². The van der Waals surface area contributed by atoms with Gasteiger partial charge in [-0.3, -0.25) is 4.79 Å². The maximum atomic E-state index is 12.3. The van der Waals surface area contributed by atoms with Crippen molar-refractivity contribution in [2.24, 2.45) is 5.73 Å². The van der Waals surface area contributed by atoms with Gasteiger partial charge in [0.2, 0.25) is 0 Å². The number of hydrogen-bond donors (Lipinski definition) is 1. The van der Waals surface area contributed by atoms with Crippen LogP contribution in [0, 0.1) is 0 Å². The molecule has 0 aliphatic carbocycles. The van der Waals surface area contributed by atoms with Crippen LogP contribution in [-0.2, 0) is 9.84 Å². The summed E-state index contributed by atoms with van der Waals surface area (Å²) in [6, 6.07) is 6.14. The van der Waals surface area contributed by atoms with Gasteiger partial charge in [-0.2, -0.15) is 0 Å². The first-order valence-electron chi connectivity index (χ1n) is 6.63. The lowest BCUT2D eigenvalue weighted by Crippen LogP contribution is -2.68. The van der Waals surface area contributed by atoms with E-state index >= 15 is 0 Å². The van der Waals surface area contributed by atoms with E-state index in [-0.39, 0.29) is 16.3 Å². The average Bonchev–Trinajstić information content (AvgIpc) is 2.34. The van der Waals surface area contributed by atoms with Crippen LogP contribution in [0.25, 0.3) is 0 Å². The Morgan fingerprint density at radius 2 is 2.05 bits per heavy atom. The van der Waals surface area contributed by atoms with Crippen LogP contribution in [0.4, 0.5) is 0 Å². The minimum absolute atomic E-state index is 0.160. The van der Waals surface area contributed by atoms with Crippen molar-refractivity contribution in [3.05, 3.63) is 29.8 Å². The summed E-state index contributed by atoms with van der Waals surface area (Å²) in [5, 5.41) is 0. The van der Waals surface area contributed by atoms with Crippen LogP contribution in [0.15, 0.2) is 29.2 Å². The van der Waals surface area contributed by atoms with E-state index in [4.69, 9.17) is 5.73 Å². The first-order chi connectivity index (χ1) is 9.25. The molecule has 1 heterocycles. The second-order valence-electron chi connectivity index (χ2n) is 5.57. The van der Waals surface area contributed by atoms with E-state index < -0.39 is 9.84 Å². The maximum absolute atomic E-state index is 12.3. The Kier molecular flexibility index (Phi) is 3.88. The standard InChI is InChI=1S/C14H20N2O3S/c1-3-7-14(15)9-16(10-14)13(17)11-5-4-6-12(8-11)20(2,18)19/h4-6,8H,3,7,9-10,15H2,1-2H3. The van der Waals surface area contributed by atoms with E-state index in [9.17, 15) is 13.2 Å². The molecule has 0 unspecified atom stereocenters. The van der Waals surface area contributed by atoms with Gasteiger partial charge >= 0.3 is 0 Å². The molecule has 1 aromatic rings. The van der Waals surface area contributed by atoms with Gasteiger partial charge in [0.15, 0.2) is 9.84 Å². The number of carbonyl (C=O) groups is 1. The smallest absolute Gasteiger partial charge is 0.254 e. The Morgan fingerprint density at radius 3 is 2.60 bits per heavy atom. The molecule has 110 valence electrons. The monoisotopic (exact) mass is 296 g/mol. The number of carbonyl (C=O) groups excluding carboxylic acids is 1. The summed E-state index contributed by atoms with van der Waals surface area (Å²) < 4.78 is 23.0. The minimum Gasteiger partial charge on any atom is -0.335 e. The van der Waals surface area contributed by atoms with Crippen LogP contribution >= 0.6 is 0 Å².